The van der Waals surface area contributed by atoms with Crippen LogP contribution in [0.3, 0.4) is 0 Å². The highest BCUT2D eigenvalue weighted by atomic mass is 15.3. The van der Waals surface area contributed by atoms with Crippen molar-refractivity contribution in [3.8, 4) is 0 Å². The van der Waals surface area contributed by atoms with Crippen LogP contribution in [-0.4, -0.2) is 11.9 Å². The van der Waals surface area contributed by atoms with Gasteiger partial charge in [0.05, 0.1) is 23.3 Å². The number of hydrogen-bond acceptors (Lipinski definition) is 4. The number of para-hydroxylation sites is 2. The van der Waals surface area contributed by atoms with Gasteiger partial charge in [0, 0.05) is 0 Å². The van der Waals surface area contributed by atoms with Gasteiger partial charge in [-0.25, -0.2) is 0 Å². The fraction of sp³-hybridized carbons (Fsp3) is 0.0667. The summed E-state index contributed by atoms with van der Waals surface area (Å²) in [7, 11) is 0. The molecule has 0 saturated heterocycles. The van der Waals surface area contributed by atoms with Crippen LogP contribution >= 0.6 is 0 Å². The van der Waals surface area contributed by atoms with Gasteiger partial charge < -0.3 is 0 Å². The van der Waals surface area contributed by atoms with E-state index in [9.17, 15) is 0 Å². The van der Waals surface area contributed by atoms with Gasteiger partial charge in [0.25, 0.3) is 0 Å². The first-order valence-electron chi connectivity index (χ1n) is 6.04. The first-order valence-corrected chi connectivity index (χ1v) is 6.04. The Balaban J connectivity index is 1.85. The Morgan fingerprint density at radius 1 is 0.842 bits per heavy atom. The molecular formula is C15H16N4. The molecule has 96 valence electrons. The summed E-state index contributed by atoms with van der Waals surface area (Å²) in [6.07, 6.45) is 1.67. The molecule has 0 spiro atoms. The van der Waals surface area contributed by atoms with Gasteiger partial charge in [0.1, 0.15) is 0 Å². The van der Waals surface area contributed by atoms with Crippen molar-refractivity contribution in [1.29, 1.82) is 0 Å². The first kappa shape index (κ1) is 12.8. The zero-order valence-electron chi connectivity index (χ0n) is 10.7. The van der Waals surface area contributed by atoms with Gasteiger partial charge in [-0.1, -0.05) is 36.4 Å². The van der Waals surface area contributed by atoms with Crippen LogP contribution in [0, 0.1) is 0 Å². The second kappa shape index (κ2) is 6.96. The molecule has 0 aliphatic heterocycles. The minimum atomic E-state index is 0.785. The van der Waals surface area contributed by atoms with Crippen LogP contribution in [0.1, 0.15) is 6.92 Å². The third kappa shape index (κ3) is 4.63. The summed E-state index contributed by atoms with van der Waals surface area (Å²) in [6.45, 7) is 1.88. The fourth-order valence-corrected chi connectivity index (χ4v) is 1.41. The summed E-state index contributed by atoms with van der Waals surface area (Å²) >= 11 is 0. The van der Waals surface area contributed by atoms with Crippen LogP contribution < -0.4 is 10.9 Å². The van der Waals surface area contributed by atoms with E-state index in [0.29, 0.717) is 0 Å². The van der Waals surface area contributed by atoms with E-state index in [1.54, 1.807) is 6.21 Å². The maximum absolute atomic E-state index is 4.20. The van der Waals surface area contributed by atoms with E-state index in [2.05, 4.69) is 21.1 Å². The molecule has 19 heavy (non-hydrogen) atoms. The molecule has 0 amide bonds. The predicted octanol–water partition coefficient (Wildman–Crippen LogP) is 3.57. The average Bonchev–Trinajstić information content (AvgIpc) is 2.47. The van der Waals surface area contributed by atoms with E-state index in [4.69, 9.17) is 0 Å². The Kier molecular flexibility index (Phi) is 4.70. The number of nitrogens with one attached hydrogen (secondary N) is 2. The number of benzene rings is 2. The van der Waals surface area contributed by atoms with Crippen LogP contribution in [-0.2, 0) is 0 Å². The van der Waals surface area contributed by atoms with Gasteiger partial charge in [-0.05, 0) is 31.2 Å². The number of hydrogen-bond donors (Lipinski definition) is 2. The summed E-state index contributed by atoms with van der Waals surface area (Å²) in [6, 6.07) is 19.6. The minimum absolute atomic E-state index is 0.785. The van der Waals surface area contributed by atoms with Crippen LogP contribution in [0.2, 0.25) is 0 Å². The Hall–Kier alpha value is -2.62. The molecule has 2 N–H and O–H groups in total. The lowest BCUT2D eigenvalue weighted by Crippen LogP contribution is -2.00. The average molecular weight is 252 g/mol. The monoisotopic (exact) mass is 252 g/mol. The van der Waals surface area contributed by atoms with Crippen molar-refractivity contribution in [2.45, 2.75) is 6.92 Å². The molecule has 0 saturated carbocycles. The molecule has 0 bridgehead atoms. The van der Waals surface area contributed by atoms with Crippen molar-refractivity contribution in [3.63, 3.8) is 0 Å². The zero-order chi connectivity index (χ0) is 13.3. The minimum Gasteiger partial charge on any atom is -0.278 e. The summed E-state index contributed by atoms with van der Waals surface area (Å²) in [5.74, 6) is 0. The second-order valence-corrected chi connectivity index (χ2v) is 3.97. The molecule has 0 aromatic heterocycles. The fourth-order valence-electron chi connectivity index (χ4n) is 1.41. The van der Waals surface area contributed by atoms with E-state index in [1.807, 2.05) is 67.6 Å². The largest absolute Gasteiger partial charge is 0.278 e. The molecule has 0 unspecified atom stereocenters. The zero-order valence-corrected chi connectivity index (χ0v) is 10.7. The van der Waals surface area contributed by atoms with Crippen molar-refractivity contribution in [3.05, 3.63) is 60.7 Å². The van der Waals surface area contributed by atoms with E-state index >= 15 is 0 Å². The Labute approximate surface area is 112 Å². The number of hydrazone groups is 2. The highest BCUT2D eigenvalue weighted by Gasteiger charge is 1.88. The molecule has 0 radical (unpaired) electrons. The lowest BCUT2D eigenvalue weighted by atomic mass is 10.3. The quantitative estimate of drug-likeness (QED) is 0.631. The lowest BCUT2D eigenvalue weighted by molar-refractivity contribution is 1.32. The molecule has 0 atom stereocenters. The van der Waals surface area contributed by atoms with Crippen molar-refractivity contribution < 1.29 is 0 Å². The van der Waals surface area contributed by atoms with Crippen LogP contribution in [0.15, 0.2) is 70.9 Å². The summed E-state index contributed by atoms with van der Waals surface area (Å²) in [5.41, 5.74) is 8.58. The topological polar surface area (TPSA) is 48.8 Å². The number of nitrogens with zero attached hydrogens (tertiary/aromatic N) is 2. The Morgan fingerprint density at radius 3 is 1.95 bits per heavy atom. The smallest absolute Gasteiger partial charge is 0.0776 e. The summed E-state index contributed by atoms with van der Waals surface area (Å²) in [5, 5.41) is 8.31. The Bertz CT molecular complexity index is 547. The molecule has 0 heterocycles. The van der Waals surface area contributed by atoms with Gasteiger partial charge in [0.2, 0.25) is 0 Å². The molecule has 4 heteroatoms. The SMILES string of the molecule is CC(C=NNc1ccccc1)=NNc1ccccc1. The van der Waals surface area contributed by atoms with E-state index in [0.717, 1.165) is 17.1 Å². The molecule has 0 aliphatic carbocycles. The van der Waals surface area contributed by atoms with Crippen molar-refractivity contribution in [2.24, 2.45) is 10.2 Å². The van der Waals surface area contributed by atoms with Crippen LogP contribution in [0.4, 0.5) is 11.4 Å². The molecule has 4 nitrogen and oxygen atoms in total. The number of anilines is 2. The van der Waals surface area contributed by atoms with Crippen molar-refractivity contribution in [2.75, 3.05) is 10.9 Å². The third-order valence-corrected chi connectivity index (χ3v) is 2.35. The first-order chi connectivity index (χ1) is 9.34. The third-order valence-electron chi connectivity index (χ3n) is 2.35. The molecule has 2 rings (SSSR count). The normalized spacial score (nSPS) is 11.5. The van der Waals surface area contributed by atoms with E-state index in [1.165, 1.54) is 0 Å². The predicted molar refractivity (Wildman–Crippen MR) is 81.7 cm³/mol. The van der Waals surface area contributed by atoms with Crippen LogP contribution in [0.25, 0.3) is 0 Å². The highest BCUT2D eigenvalue weighted by molar-refractivity contribution is 6.29. The molecule has 0 aliphatic rings. The van der Waals surface area contributed by atoms with Crippen molar-refractivity contribution >= 4 is 23.3 Å². The van der Waals surface area contributed by atoms with Gasteiger partial charge >= 0.3 is 0 Å². The van der Waals surface area contributed by atoms with Gasteiger partial charge in [-0.3, -0.25) is 10.9 Å². The molecular weight excluding hydrogens is 236 g/mol. The van der Waals surface area contributed by atoms with Gasteiger partial charge in [0.15, 0.2) is 0 Å². The second-order valence-electron chi connectivity index (χ2n) is 3.97. The summed E-state index contributed by atoms with van der Waals surface area (Å²) in [4.78, 5) is 0. The standard InChI is InChI=1S/C15H16N4/c1-13(17-19-15-10-6-3-7-11-15)12-16-18-14-8-4-2-5-9-14/h2-12,18-19H,1H3. The van der Waals surface area contributed by atoms with E-state index in [-0.39, 0.29) is 0 Å². The molecule has 0 fully saturated rings. The van der Waals surface area contributed by atoms with Gasteiger partial charge in [-0.15, -0.1) is 0 Å². The summed E-state index contributed by atoms with van der Waals surface area (Å²) < 4.78 is 0. The highest BCUT2D eigenvalue weighted by Crippen LogP contribution is 2.05. The lowest BCUT2D eigenvalue weighted by Gasteiger charge is -2.00. The van der Waals surface area contributed by atoms with Crippen LogP contribution in [0.5, 0.6) is 0 Å². The molecule has 2 aromatic carbocycles. The van der Waals surface area contributed by atoms with E-state index < -0.39 is 0 Å². The Morgan fingerprint density at radius 2 is 1.37 bits per heavy atom. The maximum Gasteiger partial charge on any atom is 0.0776 e. The maximum atomic E-state index is 4.20. The number of rotatable bonds is 5. The molecule has 2 aromatic rings. The van der Waals surface area contributed by atoms with Gasteiger partial charge in [-0.2, -0.15) is 10.2 Å². The van der Waals surface area contributed by atoms with Crippen molar-refractivity contribution in [1.82, 2.24) is 0 Å².